The molecule has 0 radical (unpaired) electrons. The molecular formula is C11H4ClF2N5S2. The molecule has 0 spiro atoms. The standard InChI is InChI=1S/C11H4ClF2N5S2/c12-11(13,14)9-16-17-10-19(9)18-8(21-10)5-1-2-6-7(3-5)20-4-15-6/h1-4H. The van der Waals surface area contributed by atoms with E-state index in [1.54, 1.807) is 5.51 Å². The summed E-state index contributed by atoms with van der Waals surface area (Å²) in [6, 6.07) is 5.62. The number of benzene rings is 1. The second-order valence-electron chi connectivity index (χ2n) is 4.16. The van der Waals surface area contributed by atoms with Crippen LogP contribution in [0.5, 0.6) is 0 Å². The number of thiazole rings is 1. The first-order valence-electron chi connectivity index (χ1n) is 5.65. The number of halogens is 3. The van der Waals surface area contributed by atoms with Crippen molar-refractivity contribution in [1.29, 1.82) is 0 Å². The van der Waals surface area contributed by atoms with Gasteiger partial charge in [0.05, 0.1) is 15.7 Å². The van der Waals surface area contributed by atoms with Crippen molar-refractivity contribution in [3.8, 4) is 10.6 Å². The van der Waals surface area contributed by atoms with E-state index in [-0.39, 0.29) is 4.96 Å². The second kappa shape index (κ2) is 4.39. The average molecular weight is 344 g/mol. The maximum atomic E-state index is 13.2. The molecule has 0 atom stereocenters. The Morgan fingerprint density at radius 3 is 2.90 bits per heavy atom. The summed E-state index contributed by atoms with van der Waals surface area (Å²) in [5.41, 5.74) is 3.45. The topological polar surface area (TPSA) is 56.0 Å². The van der Waals surface area contributed by atoms with Crippen molar-refractivity contribution in [3.05, 3.63) is 29.5 Å². The summed E-state index contributed by atoms with van der Waals surface area (Å²) in [5.74, 6) is -0.680. The highest BCUT2D eigenvalue weighted by atomic mass is 35.5. The van der Waals surface area contributed by atoms with Crippen molar-refractivity contribution in [2.45, 2.75) is 5.38 Å². The van der Waals surface area contributed by atoms with Crippen LogP contribution in [0.15, 0.2) is 23.7 Å². The molecule has 0 amide bonds. The van der Waals surface area contributed by atoms with E-state index in [0.717, 1.165) is 20.3 Å². The molecule has 3 heterocycles. The predicted octanol–water partition coefficient (Wildman–Crippen LogP) is 3.75. The number of alkyl halides is 3. The maximum Gasteiger partial charge on any atom is 0.383 e. The molecular weight excluding hydrogens is 340 g/mol. The van der Waals surface area contributed by atoms with E-state index in [2.05, 4.69) is 20.3 Å². The number of nitrogens with zero attached hydrogens (tertiary/aromatic N) is 5. The number of hydrogen-bond acceptors (Lipinski definition) is 6. The lowest BCUT2D eigenvalue weighted by Crippen LogP contribution is -2.10. The highest BCUT2D eigenvalue weighted by molar-refractivity contribution is 7.20. The Labute approximate surface area is 128 Å². The van der Waals surface area contributed by atoms with Gasteiger partial charge in [-0.25, -0.2) is 4.98 Å². The first-order valence-corrected chi connectivity index (χ1v) is 7.73. The molecule has 0 aliphatic heterocycles. The van der Waals surface area contributed by atoms with E-state index in [4.69, 9.17) is 11.6 Å². The fraction of sp³-hybridized carbons (Fsp3) is 0.0909. The third kappa shape index (κ3) is 2.08. The van der Waals surface area contributed by atoms with E-state index in [9.17, 15) is 8.78 Å². The Morgan fingerprint density at radius 2 is 2.10 bits per heavy atom. The van der Waals surface area contributed by atoms with Crippen LogP contribution in [0.3, 0.4) is 0 Å². The highest BCUT2D eigenvalue weighted by Crippen LogP contribution is 2.34. The summed E-state index contributed by atoms with van der Waals surface area (Å²) in [7, 11) is 0. The second-order valence-corrected chi connectivity index (χ2v) is 6.47. The van der Waals surface area contributed by atoms with Crippen molar-refractivity contribution in [2.75, 3.05) is 0 Å². The molecule has 10 heteroatoms. The van der Waals surface area contributed by atoms with Crippen LogP contribution in [0, 0.1) is 0 Å². The van der Waals surface area contributed by atoms with E-state index in [1.807, 2.05) is 18.2 Å². The van der Waals surface area contributed by atoms with E-state index in [0.29, 0.717) is 5.01 Å². The monoisotopic (exact) mass is 343 g/mol. The zero-order valence-electron chi connectivity index (χ0n) is 10.00. The Balaban J connectivity index is 1.88. The summed E-state index contributed by atoms with van der Waals surface area (Å²) in [6.45, 7) is 0. The minimum atomic E-state index is -3.60. The maximum absolute atomic E-state index is 13.2. The molecule has 1 aromatic carbocycles. The van der Waals surface area contributed by atoms with E-state index in [1.165, 1.54) is 22.7 Å². The Kier molecular flexibility index (Phi) is 2.72. The van der Waals surface area contributed by atoms with Gasteiger partial charge in [-0.1, -0.05) is 11.3 Å². The van der Waals surface area contributed by atoms with Crippen LogP contribution in [0.2, 0.25) is 0 Å². The van der Waals surface area contributed by atoms with Crippen molar-refractivity contribution in [2.24, 2.45) is 0 Å². The average Bonchev–Trinajstić information content (AvgIpc) is 3.10. The SMILES string of the molecule is FC(F)(Cl)c1nnc2sc(-c3ccc4ncsc4c3)nn12. The third-order valence-electron chi connectivity index (χ3n) is 2.82. The van der Waals surface area contributed by atoms with Gasteiger partial charge >= 0.3 is 5.38 Å². The molecule has 0 saturated carbocycles. The van der Waals surface area contributed by atoms with Crippen molar-refractivity contribution in [1.82, 2.24) is 24.8 Å². The molecule has 0 bridgehead atoms. The molecule has 4 aromatic rings. The zero-order chi connectivity index (χ0) is 14.6. The predicted molar refractivity (Wildman–Crippen MR) is 77.0 cm³/mol. The summed E-state index contributed by atoms with van der Waals surface area (Å²) < 4.78 is 28.4. The van der Waals surface area contributed by atoms with Gasteiger partial charge in [-0.3, -0.25) is 0 Å². The number of hydrogen-bond donors (Lipinski definition) is 0. The fourth-order valence-corrected chi connectivity index (χ4v) is 3.57. The lowest BCUT2D eigenvalue weighted by Gasteiger charge is -2.01. The van der Waals surface area contributed by atoms with Gasteiger partial charge in [0.25, 0.3) is 0 Å². The minimum absolute atomic E-state index is 0.268. The van der Waals surface area contributed by atoms with Crippen LogP contribution in [-0.2, 0) is 5.38 Å². The molecule has 0 unspecified atom stereocenters. The van der Waals surface area contributed by atoms with E-state index < -0.39 is 11.2 Å². The quantitative estimate of drug-likeness (QED) is 0.520. The normalized spacial score (nSPS) is 12.5. The molecule has 5 nitrogen and oxygen atoms in total. The number of fused-ring (bicyclic) bond motifs is 2. The van der Waals surface area contributed by atoms with Crippen molar-refractivity contribution >= 4 is 49.5 Å². The third-order valence-corrected chi connectivity index (χ3v) is 4.73. The highest BCUT2D eigenvalue weighted by Gasteiger charge is 2.35. The summed E-state index contributed by atoms with van der Waals surface area (Å²) >= 11 is 7.67. The minimum Gasteiger partial charge on any atom is -0.245 e. The molecule has 3 aromatic heterocycles. The van der Waals surface area contributed by atoms with Crippen molar-refractivity contribution < 1.29 is 8.78 Å². The summed E-state index contributed by atoms with van der Waals surface area (Å²) in [6.07, 6.45) is 0. The Morgan fingerprint density at radius 1 is 1.24 bits per heavy atom. The van der Waals surface area contributed by atoms with Gasteiger partial charge in [0.2, 0.25) is 10.8 Å². The molecule has 21 heavy (non-hydrogen) atoms. The molecule has 4 rings (SSSR count). The fourth-order valence-electron chi connectivity index (χ4n) is 1.90. The zero-order valence-corrected chi connectivity index (χ0v) is 12.4. The van der Waals surface area contributed by atoms with Gasteiger partial charge in [-0.2, -0.15) is 18.4 Å². The van der Waals surface area contributed by atoms with Crippen LogP contribution in [-0.4, -0.2) is 24.8 Å². The van der Waals surface area contributed by atoms with Crippen LogP contribution < -0.4 is 0 Å². The Bertz CT molecular complexity index is 954. The summed E-state index contributed by atoms with van der Waals surface area (Å²) in [5, 5.41) is 8.15. The molecule has 0 aliphatic rings. The first kappa shape index (κ1) is 13.0. The lowest BCUT2D eigenvalue weighted by molar-refractivity contribution is 0.0821. The van der Waals surface area contributed by atoms with Gasteiger partial charge < -0.3 is 0 Å². The van der Waals surface area contributed by atoms with Crippen LogP contribution in [0.25, 0.3) is 25.7 Å². The smallest absolute Gasteiger partial charge is 0.245 e. The first-order chi connectivity index (χ1) is 10.0. The van der Waals surface area contributed by atoms with Crippen LogP contribution in [0.4, 0.5) is 8.78 Å². The molecule has 0 saturated heterocycles. The Hall–Kier alpha value is -1.71. The van der Waals surface area contributed by atoms with Gasteiger partial charge in [0.1, 0.15) is 5.01 Å². The van der Waals surface area contributed by atoms with Gasteiger partial charge in [-0.15, -0.1) is 21.5 Å². The molecule has 0 N–H and O–H groups in total. The van der Waals surface area contributed by atoms with Crippen molar-refractivity contribution in [3.63, 3.8) is 0 Å². The molecule has 0 fully saturated rings. The van der Waals surface area contributed by atoms with Gasteiger partial charge in [0.15, 0.2) is 0 Å². The number of rotatable bonds is 2. The largest absolute Gasteiger partial charge is 0.383 e. The number of aromatic nitrogens is 5. The van der Waals surface area contributed by atoms with Gasteiger partial charge in [-0.05, 0) is 29.8 Å². The molecule has 0 aliphatic carbocycles. The molecule has 106 valence electrons. The van der Waals surface area contributed by atoms with Crippen LogP contribution >= 0.6 is 34.3 Å². The van der Waals surface area contributed by atoms with Gasteiger partial charge in [0, 0.05) is 5.56 Å². The lowest BCUT2D eigenvalue weighted by atomic mass is 10.2. The van der Waals surface area contributed by atoms with Crippen LogP contribution in [0.1, 0.15) is 5.82 Å². The van der Waals surface area contributed by atoms with E-state index >= 15 is 0 Å². The summed E-state index contributed by atoms with van der Waals surface area (Å²) in [4.78, 5) is 4.46.